The molecule has 0 saturated heterocycles. The van der Waals surface area contributed by atoms with E-state index in [0.717, 1.165) is 30.8 Å². The summed E-state index contributed by atoms with van der Waals surface area (Å²) < 4.78 is 16.2. The number of benzene rings is 2. The Morgan fingerprint density at radius 2 is 1.82 bits per heavy atom. The van der Waals surface area contributed by atoms with Crippen molar-refractivity contribution in [2.45, 2.75) is 13.0 Å². The lowest BCUT2D eigenvalue weighted by atomic mass is 10.1. The minimum Gasteiger partial charge on any atom is -0.454 e. The predicted octanol–water partition coefficient (Wildman–Crippen LogP) is 2.89. The molecule has 2 N–H and O–H groups in total. The molecule has 0 fully saturated rings. The van der Waals surface area contributed by atoms with Crippen LogP contribution in [0, 0.1) is 0 Å². The topological polar surface area (TPSA) is 86.6 Å². The molecule has 8 heteroatoms. The SMILES string of the molecule is Cl.NCCN(CCc1ccccc1)Cc1nc(-c2ccc3c(c2)OCO3)no1. The number of aromatic nitrogens is 2. The lowest BCUT2D eigenvalue weighted by Crippen LogP contribution is -2.31. The van der Waals surface area contributed by atoms with Crippen LogP contribution in [0.15, 0.2) is 53.1 Å². The van der Waals surface area contributed by atoms with Crippen LogP contribution in [0.5, 0.6) is 11.5 Å². The molecule has 7 nitrogen and oxygen atoms in total. The van der Waals surface area contributed by atoms with E-state index in [1.54, 1.807) is 0 Å². The second kappa shape index (κ2) is 9.54. The van der Waals surface area contributed by atoms with Crippen LogP contribution in [0.1, 0.15) is 11.5 Å². The highest BCUT2D eigenvalue weighted by atomic mass is 35.5. The van der Waals surface area contributed by atoms with Crippen molar-refractivity contribution in [1.82, 2.24) is 15.0 Å². The number of rotatable bonds is 8. The fourth-order valence-electron chi connectivity index (χ4n) is 3.05. The molecular weight excluding hydrogens is 380 g/mol. The van der Waals surface area contributed by atoms with Crippen molar-refractivity contribution in [2.24, 2.45) is 5.73 Å². The minimum absolute atomic E-state index is 0. The van der Waals surface area contributed by atoms with E-state index < -0.39 is 0 Å². The fraction of sp³-hybridized carbons (Fsp3) is 0.300. The van der Waals surface area contributed by atoms with Crippen molar-refractivity contribution < 1.29 is 14.0 Å². The number of hydrogen-bond acceptors (Lipinski definition) is 7. The summed E-state index contributed by atoms with van der Waals surface area (Å²) in [5, 5.41) is 4.10. The predicted molar refractivity (Wildman–Crippen MR) is 108 cm³/mol. The molecule has 0 amide bonds. The van der Waals surface area contributed by atoms with Crippen molar-refractivity contribution in [3.63, 3.8) is 0 Å². The van der Waals surface area contributed by atoms with Gasteiger partial charge in [0.1, 0.15) is 0 Å². The van der Waals surface area contributed by atoms with Crippen LogP contribution >= 0.6 is 12.4 Å². The third-order valence-electron chi connectivity index (χ3n) is 4.46. The number of hydrogen-bond donors (Lipinski definition) is 1. The minimum atomic E-state index is 0. The van der Waals surface area contributed by atoms with Crippen molar-refractivity contribution in [3.05, 3.63) is 60.0 Å². The van der Waals surface area contributed by atoms with E-state index >= 15 is 0 Å². The van der Waals surface area contributed by atoms with Gasteiger partial charge in [-0.25, -0.2) is 0 Å². The molecule has 1 aliphatic rings. The van der Waals surface area contributed by atoms with Crippen LogP contribution < -0.4 is 15.2 Å². The van der Waals surface area contributed by atoms with E-state index in [1.807, 2.05) is 24.3 Å². The fourth-order valence-corrected chi connectivity index (χ4v) is 3.05. The highest BCUT2D eigenvalue weighted by molar-refractivity contribution is 5.85. The van der Waals surface area contributed by atoms with Gasteiger partial charge in [-0.1, -0.05) is 35.5 Å². The Morgan fingerprint density at radius 1 is 1.00 bits per heavy atom. The van der Waals surface area contributed by atoms with Gasteiger partial charge in [-0.15, -0.1) is 12.4 Å². The summed E-state index contributed by atoms with van der Waals surface area (Å²) in [5.74, 6) is 2.55. The summed E-state index contributed by atoms with van der Waals surface area (Å²) in [6.45, 7) is 3.04. The van der Waals surface area contributed by atoms with E-state index in [9.17, 15) is 0 Å². The van der Waals surface area contributed by atoms with Gasteiger partial charge in [0.15, 0.2) is 11.5 Å². The summed E-state index contributed by atoms with van der Waals surface area (Å²) >= 11 is 0. The summed E-state index contributed by atoms with van der Waals surface area (Å²) in [6, 6.07) is 16.0. The van der Waals surface area contributed by atoms with E-state index in [0.29, 0.717) is 30.6 Å². The molecule has 28 heavy (non-hydrogen) atoms. The summed E-state index contributed by atoms with van der Waals surface area (Å²) in [4.78, 5) is 6.75. The first-order valence-electron chi connectivity index (χ1n) is 9.01. The number of fused-ring (bicyclic) bond motifs is 1. The maximum atomic E-state index is 5.77. The molecular formula is C20H23ClN4O3. The van der Waals surface area contributed by atoms with Crippen LogP contribution in [0.3, 0.4) is 0 Å². The van der Waals surface area contributed by atoms with Crippen molar-refractivity contribution in [3.8, 4) is 22.9 Å². The van der Waals surface area contributed by atoms with Gasteiger partial charge in [-0.3, -0.25) is 4.90 Å². The van der Waals surface area contributed by atoms with Crippen LogP contribution in [0.25, 0.3) is 11.4 Å². The van der Waals surface area contributed by atoms with Gasteiger partial charge >= 0.3 is 0 Å². The molecule has 3 aromatic rings. The van der Waals surface area contributed by atoms with Crippen LogP contribution in [-0.4, -0.2) is 41.5 Å². The maximum absolute atomic E-state index is 5.77. The zero-order valence-electron chi connectivity index (χ0n) is 15.4. The first-order valence-corrected chi connectivity index (χ1v) is 9.01. The standard InChI is InChI=1S/C20H22N4O3.ClH/c21-9-11-24(10-8-15-4-2-1-3-5-15)13-19-22-20(23-27-19)16-6-7-17-18(12-16)26-14-25-17;/h1-7,12H,8-11,13-14,21H2;1H. The third-order valence-corrected chi connectivity index (χ3v) is 4.46. The normalized spacial score (nSPS) is 12.2. The lowest BCUT2D eigenvalue weighted by Gasteiger charge is -2.19. The molecule has 148 valence electrons. The molecule has 0 bridgehead atoms. The van der Waals surface area contributed by atoms with Crippen molar-refractivity contribution in [1.29, 1.82) is 0 Å². The molecule has 4 rings (SSSR count). The van der Waals surface area contributed by atoms with Gasteiger partial charge in [-0.05, 0) is 30.2 Å². The second-order valence-electron chi connectivity index (χ2n) is 6.38. The number of halogens is 1. The average molecular weight is 403 g/mol. The zero-order chi connectivity index (χ0) is 18.5. The number of nitrogens with zero attached hydrogens (tertiary/aromatic N) is 3. The maximum Gasteiger partial charge on any atom is 0.241 e. The van der Waals surface area contributed by atoms with Gasteiger partial charge in [0, 0.05) is 25.2 Å². The summed E-state index contributed by atoms with van der Waals surface area (Å²) in [7, 11) is 0. The number of nitrogens with two attached hydrogens (primary N) is 1. The molecule has 0 spiro atoms. The molecule has 2 heterocycles. The quantitative estimate of drug-likeness (QED) is 0.619. The largest absolute Gasteiger partial charge is 0.454 e. The molecule has 0 saturated carbocycles. The number of ether oxygens (including phenoxy) is 2. The average Bonchev–Trinajstić information content (AvgIpc) is 3.36. The zero-order valence-corrected chi connectivity index (χ0v) is 16.2. The Bertz CT molecular complexity index is 888. The Balaban J connectivity index is 0.00000225. The highest BCUT2D eigenvalue weighted by Gasteiger charge is 2.17. The first kappa shape index (κ1) is 20.1. The Hall–Kier alpha value is -2.61. The molecule has 1 aliphatic heterocycles. The molecule has 0 aliphatic carbocycles. The van der Waals surface area contributed by atoms with Crippen LogP contribution in [0.4, 0.5) is 0 Å². The van der Waals surface area contributed by atoms with Crippen LogP contribution in [0.2, 0.25) is 0 Å². The van der Waals surface area contributed by atoms with Crippen molar-refractivity contribution in [2.75, 3.05) is 26.4 Å². The summed E-state index contributed by atoms with van der Waals surface area (Å²) in [5.41, 5.74) is 7.90. The van der Waals surface area contributed by atoms with Gasteiger partial charge in [0.05, 0.1) is 6.54 Å². The first-order chi connectivity index (χ1) is 13.3. The Labute approximate surface area is 169 Å². The van der Waals surface area contributed by atoms with E-state index in [2.05, 4.69) is 39.3 Å². The van der Waals surface area contributed by atoms with Crippen LogP contribution in [-0.2, 0) is 13.0 Å². The van der Waals surface area contributed by atoms with E-state index in [1.165, 1.54) is 5.56 Å². The smallest absolute Gasteiger partial charge is 0.241 e. The van der Waals surface area contributed by atoms with Crippen molar-refractivity contribution >= 4 is 12.4 Å². The van der Waals surface area contributed by atoms with E-state index in [4.69, 9.17) is 19.7 Å². The van der Waals surface area contributed by atoms with Gasteiger partial charge < -0.3 is 19.7 Å². The monoisotopic (exact) mass is 402 g/mol. The highest BCUT2D eigenvalue weighted by Crippen LogP contribution is 2.35. The molecule has 2 aromatic carbocycles. The Morgan fingerprint density at radius 3 is 2.64 bits per heavy atom. The summed E-state index contributed by atoms with van der Waals surface area (Å²) in [6.07, 6.45) is 0.948. The molecule has 1 aromatic heterocycles. The lowest BCUT2D eigenvalue weighted by molar-refractivity contribution is 0.174. The van der Waals surface area contributed by atoms with Gasteiger partial charge in [0.2, 0.25) is 18.5 Å². The second-order valence-corrected chi connectivity index (χ2v) is 6.38. The molecule has 0 radical (unpaired) electrons. The molecule has 0 unspecified atom stereocenters. The van der Waals surface area contributed by atoms with Gasteiger partial charge in [0.25, 0.3) is 0 Å². The van der Waals surface area contributed by atoms with Gasteiger partial charge in [-0.2, -0.15) is 4.98 Å². The Kier molecular flexibility index (Phi) is 6.86. The molecule has 0 atom stereocenters. The third kappa shape index (κ3) is 4.81. The van der Waals surface area contributed by atoms with E-state index in [-0.39, 0.29) is 19.2 Å².